The SMILES string of the molecule is C=C(CCl)CCl.C=C1CN(S(=O)(=O)c2ccc(N(C)C)cc2)C(C)CCN(CC2CCCCC2)CCCN(S(=O)(=O)N2CCC(c3ccccc3)CC2)C1.CC(CCN(CCCN)CC1CCCCC1)NS(=O)(=O)c1ccc(N(C)C)cc1.CC(CCN(CCCNS(=O)(=O)N1CCC(c2ccccc2)CC1)CC1CCCCC1)NS(=O)(=O)c1ccc(N(C)C)cc1.C[n+]1ccn(S(=O)(=O)N2CCC(c3ccccc3)CC2)c1. The van der Waals surface area contributed by atoms with Crippen molar-refractivity contribution in [2.45, 2.75) is 245 Å². The Balaban J connectivity index is 0.000000206. The van der Waals surface area contributed by atoms with Gasteiger partial charge < -0.3 is 35.1 Å². The second-order valence-corrected chi connectivity index (χ2v) is 53.8. The molecule has 4 aliphatic heterocycles. The Hall–Kier alpha value is -6.79. The lowest BCUT2D eigenvalue weighted by atomic mass is 9.89. The van der Waals surface area contributed by atoms with Gasteiger partial charge in [-0.1, -0.05) is 162 Å². The molecule has 14 rings (SSSR count). The molecule has 7 fully saturated rings. The summed E-state index contributed by atoms with van der Waals surface area (Å²) >= 11 is 10.5. The van der Waals surface area contributed by atoms with E-state index in [2.05, 4.69) is 78.4 Å². The zero-order valence-corrected chi connectivity index (χ0v) is 96.5. The van der Waals surface area contributed by atoms with Crippen molar-refractivity contribution in [2.24, 2.45) is 30.5 Å². The third-order valence-corrected chi connectivity index (χ3v) is 41.3. The molecule has 5 N–H and O–H groups in total. The summed E-state index contributed by atoms with van der Waals surface area (Å²) in [6.45, 7) is 26.6. The highest BCUT2D eigenvalue weighted by atomic mass is 35.5. The van der Waals surface area contributed by atoms with Crippen LogP contribution in [0, 0.1) is 17.8 Å². The van der Waals surface area contributed by atoms with Gasteiger partial charge in [-0.3, -0.25) is 0 Å². The van der Waals surface area contributed by atoms with Crippen molar-refractivity contribution in [1.29, 1.82) is 0 Å². The second kappa shape index (κ2) is 61.5. The van der Waals surface area contributed by atoms with Gasteiger partial charge in [-0.2, -0.15) is 46.8 Å². The molecule has 3 unspecified atom stereocenters. The quantitative estimate of drug-likeness (QED) is 0.0120. The van der Waals surface area contributed by atoms with Crippen molar-refractivity contribution in [1.82, 2.24) is 54.4 Å². The molecule has 5 heterocycles. The number of alkyl halides is 2. The number of sulfonamides is 3. The lowest BCUT2D eigenvalue weighted by Crippen LogP contribution is -2.49. The maximum atomic E-state index is 14.3. The third kappa shape index (κ3) is 39.6. The van der Waals surface area contributed by atoms with E-state index in [0.717, 1.165) is 145 Å². The molecule has 3 saturated carbocycles. The number of allylic oxidation sites excluding steroid dienone is 1. The number of hydrogen-bond acceptors (Lipinski definition) is 19. The van der Waals surface area contributed by atoms with Crippen LogP contribution in [0.3, 0.4) is 0 Å². The van der Waals surface area contributed by atoms with Crippen molar-refractivity contribution in [3.8, 4) is 0 Å². The molecule has 0 spiro atoms. The molecule has 29 nitrogen and oxygen atoms in total. The zero-order valence-electron chi connectivity index (χ0n) is 90.1. The van der Waals surface area contributed by atoms with Gasteiger partial charge in [0.05, 0.1) is 21.7 Å². The molecule has 7 aromatic rings. The molecule has 7 aliphatic rings. The summed E-state index contributed by atoms with van der Waals surface area (Å²) in [5.41, 5.74) is 13.9. The number of nitrogens with two attached hydrogens (primary N) is 1. The first-order chi connectivity index (χ1) is 70.7. The maximum Gasteiger partial charge on any atom is 0.379 e. The topological polar surface area (TPSA) is 311 Å². The van der Waals surface area contributed by atoms with Gasteiger partial charge in [-0.05, 0) is 318 Å². The van der Waals surface area contributed by atoms with Gasteiger partial charge in [0.15, 0.2) is 0 Å². The Morgan fingerprint density at radius 1 is 0.439 bits per heavy atom. The van der Waals surface area contributed by atoms with E-state index in [-0.39, 0.29) is 41.0 Å². The Morgan fingerprint density at radius 3 is 1.20 bits per heavy atom. The van der Waals surface area contributed by atoms with Gasteiger partial charge in [-0.15, -0.1) is 27.2 Å². The standard InChI is InChI=1S/C37H57N5O4S2.C33H53N5O4S2.C22H40N4O2S.C15H20N3O2S.C4H6Cl2/c1-31-28-41(48(45,46)40-26-21-35(22-27-40)34-14-9-6-10-15-34)24-11-23-39(30-33-12-7-5-8-13-33)25-20-32(2)42(29-31)47(43,44)37-18-16-36(17-19-37)38(3)4;1-28(35-43(39,40)33-17-15-32(16-18-33)36(2)3)19-24-37(27-29-11-6-4-7-12-29)23-10-22-34-44(41,42)38-25-20-31(21-26-38)30-13-8-5-9-14-30;1-19(24-29(27,28)22-12-10-21(11-13-22)25(2)3)14-17-26(16-7-15-23)18-20-8-5-4-6-9-20;1-16-11-12-18(13-16)21(19,20)17-9-7-15(8-10-17)14-5-3-2-4-6-14;1-4(2-5)3-6/h6,9-10,14-19,32-33,35H,1,5,7-8,11-13,20-30H2,2-4H3;5,8-9,13-18,28-29,31,34-35H,4,6-7,10-12,19-27H2,1-3H3;10-13,19-20,24H,4-9,14-18,23H2,1-3H3;2-6,11-13,15H,7-10H2,1H3;1-3H2/q;;;+1;. The Kier molecular flexibility index (Phi) is 51.1. The fourth-order valence-corrected chi connectivity index (χ4v) is 30.0. The number of aryl methyl sites for hydroxylation is 1. The molecular weight excluding hydrogens is 2030 g/mol. The normalized spacial score (nSPS) is 19.3. The lowest BCUT2D eigenvalue weighted by Gasteiger charge is -2.37. The monoisotopic (exact) mass is 2200 g/mol. The lowest BCUT2D eigenvalue weighted by molar-refractivity contribution is -0.670. The molecule has 0 bridgehead atoms. The van der Waals surface area contributed by atoms with Gasteiger partial charge in [0.25, 0.3) is 26.7 Å². The van der Waals surface area contributed by atoms with Gasteiger partial charge in [0.1, 0.15) is 12.4 Å². The minimum atomic E-state index is -3.87. The summed E-state index contributed by atoms with van der Waals surface area (Å²) in [6.07, 6.45) is 33.8. The van der Waals surface area contributed by atoms with E-state index in [1.165, 1.54) is 117 Å². The van der Waals surface area contributed by atoms with Crippen LogP contribution in [0.1, 0.15) is 229 Å². The molecule has 0 amide bonds. The van der Waals surface area contributed by atoms with Crippen LogP contribution in [0.2, 0.25) is 0 Å². The van der Waals surface area contributed by atoms with Crippen molar-refractivity contribution in [3.63, 3.8) is 0 Å². The molecule has 826 valence electrons. The first kappa shape index (κ1) is 123. The van der Waals surface area contributed by atoms with Crippen LogP contribution in [0.4, 0.5) is 17.1 Å². The largest absolute Gasteiger partial charge is 0.379 e. The zero-order chi connectivity index (χ0) is 107. The summed E-state index contributed by atoms with van der Waals surface area (Å²) in [5.74, 6) is 4.23. The van der Waals surface area contributed by atoms with Crippen molar-refractivity contribution in [3.05, 3.63) is 224 Å². The van der Waals surface area contributed by atoms with Gasteiger partial charge in [0, 0.05) is 174 Å². The molecule has 6 aromatic carbocycles. The highest BCUT2D eigenvalue weighted by Gasteiger charge is 2.39. The fourth-order valence-electron chi connectivity index (χ4n) is 21.0. The van der Waals surface area contributed by atoms with Crippen molar-refractivity contribution < 1.29 is 55.1 Å². The second-order valence-electron chi connectivity index (χ2n) is 42.4. The number of rotatable bonds is 41. The molecule has 3 aliphatic carbocycles. The molecule has 0 radical (unpaired) electrons. The number of nitrogens with one attached hydrogen (secondary N) is 3. The smallest absolute Gasteiger partial charge is 0.378 e. The molecule has 3 atom stereocenters. The van der Waals surface area contributed by atoms with Gasteiger partial charge >= 0.3 is 10.2 Å². The van der Waals surface area contributed by atoms with E-state index >= 15 is 0 Å². The number of imidazole rings is 1. The number of hydrogen-bond donors (Lipinski definition) is 4. The van der Waals surface area contributed by atoms with Gasteiger partial charge in [-0.25, -0.2) is 44.0 Å². The van der Waals surface area contributed by atoms with E-state index in [1.54, 1.807) is 81.2 Å². The minimum Gasteiger partial charge on any atom is -0.378 e. The Morgan fingerprint density at radius 2 is 0.824 bits per heavy atom. The molecule has 1 aromatic heterocycles. The number of benzene rings is 6. The van der Waals surface area contributed by atoms with Crippen LogP contribution in [0.15, 0.2) is 222 Å². The van der Waals surface area contributed by atoms with Crippen LogP contribution >= 0.6 is 23.2 Å². The number of nitrogens with zero attached hydrogens (tertiary/aromatic N) is 13. The molecule has 37 heteroatoms. The highest BCUT2D eigenvalue weighted by Crippen LogP contribution is 2.36. The van der Waals surface area contributed by atoms with E-state index in [0.29, 0.717) is 130 Å². The number of piperidine rings is 3. The maximum absolute atomic E-state index is 14.3. The van der Waals surface area contributed by atoms with E-state index in [1.807, 2.05) is 176 Å². The number of halogens is 2. The average molecular weight is 2200 g/mol. The molecular formula is C111H176Cl2N17O12S6+. The summed E-state index contributed by atoms with van der Waals surface area (Å²) in [7, 11) is -8.29. The van der Waals surface area contributed by atoms with E-state index in [4.69, 9.17) is 28.9 Å². The number of anilines is 3. The third-order valence-electron chi connectivity index (χ3n) is 30.0. The predicted octanol–water partition coefficient (Wildman–Crippen LogP) is 16.9. The molecule has 148 heavy (non-hydrogen) atoms. The van der Waals surface area contributed by atoms with E-state index in [9.17, 15) is 50.5 Å². The summed E-state index contributed by atoms with van der Waals surface area (Å²) in [6, 6.07) is 51.3. The van der Waals surface area contributed by atoms with Crippen LogP contribution in [0.25, 0.3) is 0 Å². The minimum absolute atomic E-state index is 0.0731. The van der Waals surface area contributed by atoms with Crippen molar-refractivity contribution >= 4 is 101 Å². The van der Waals surface area contributed by atoms with Crippen LogP contribution < -0.4 is 39.2 Å². The predicted molar refractivity (Wildman–Crippen MR) is 608 cm³/mol. The van der Waals surface area contributed by atoms with Crippen LogP contribution in [-0.4, -0.2) is 294 Å². The first-order valence-corrected chi connectivity index (χ1v) is 63.8. The first-order valence-electron chi connectivity index (χ1n) is 54.1. The summed E-state index contributed by atoms with van der Waals surface area (Å²) in [4.78, 5) is 14.0. The highest BCUT2D eigenvalue weighted by molar-refractivity contribution is 7.90. The van der Waals surface area contributed by atoms with Gasteiger partial charge in [0.2, 0.25) is 30.1 Å². The summed E-state index contributed by atoms with van der Waals surface area (Å²) in [5, 5.41) is 0. The number of aromatic nitrogens is 2. The van der Waals surface area contributed by atoms with Crippen LogP contribution in [0.5, 0.6) is 0 Å². The Labute approximate surface area is 901 Å². The van der Waals surface area contributed by atoms with E-state index < -0.39 is 60.7 Å². The fraction of sp³-hybridized carbons (Fsp3) is 0.613. The van der Waals surface area contributed by atoms with Crippen molar-refractivity contribution in [2.75, 3.05) is 200 Å². The Bertz CT molecular complexity index is 5770. The van der Waals surface area contributed by atoms with Crippen LogP contribution in [-0.2, 0) is 67.7 Å². The average Bonchev–Trinajstić information content (AvgIpc) is 0.847. The summed E-state index contributed by atoms with van der Waals surface area (Å²) < 4.78 is 179. The molecule has 4 saturated heterocycles.